The lowest BCUT2D eigenvalue weighted by Crippen LogP contribution is -2.26. The zero-order chi connectivity index (χ0) is 12.1. The highest BCUT2D eigenvalue weighted by Gasteiger charge is 2.32. The molecule has 0 aliphatic rings. The molecule has 15 heavy (non-hydrogen) atoms. The van der Waals surface area contributed by atoms with Gasteiger partial charge in [-0.15, -0.1) is 0 Å². The Morgan fingerprint density at radius 3 is 1.67 bits per heavy atom. The molecule has 0 aliphatic carbocycles. The van der Waals surface area contributed by atoms with Crippen molar-refractivity contribution in [1.82, 2.24) is 0 Å². The van der Waals surface area contributed by atoms with Gasteiger partial charge in [0.25, 0.3) is 0 Å². The van der Waals surface area contributed by atoms with Gasteiger partial charge in [-0.3, -0.25) is 0 Å². The van der Waals surface area contributed by atoms with Crippen LogP contribution in [0, 0.1) is 0 Å². The number of allylic oxidation sites excluding steroid dienone is 4. The van der Waals surface area contributed by atoms with E-state index in [9.17, 15) is 0 Å². The van der Waals surface area contributed by atoms with Gasteiger partial charge in [0.2, 0.25) is 0 Å². The van der Waals surface area contributed by atoms with E-state index in [0.29, 0.717) is 10.3 Å². The predicted octanol–water partition coefficient (Wildman–Crippen LogP) is 5.20. The molecule has 1 heteroatoms. The zero-order valence-corrected chi connectivity index (χ0v) is 12.4. The lowest BCUT2D eigenvalue weighted by Gasteiger charge is -2.41. The molecule has 0 bridgehead atoms. The lowest BCUT2D eigenvalue weighted by molar-refractivity contribution is 0.707. The Bertz CT molecular complexity index is 209. The molecule has 0 radical (unpaired) electrons. The van der Waals surface area contributed by atoms with E-state index in [4.69, 9.17) is 0 Å². The van der Waals surface area contributed by atoms with Gasteiger partial charge in [0.15, 0.2) is 0 Å². The highest BCUT2D eigenvalue weighted by Crippen LogP contribution is 2.59. The smallest absolute Gasteiger partial charge is 0.0132 e. The van der Waals surface area contributed by atoms with E-state index in [0.717, 1.165) is 0 Å². The topological polar surface area (TPSA) is 0 Å². The summed E-state index contributed by atoms with van der Waals surface area (Å²) in [5, 5.41) is 0.877. The quantitative estimate of drug-likeness (QED) is 0.458. The van der Waals surface area contributed by atoms with Crippen molar-refractivity contribution in [3.05, 3.63) is 24.3 Å². The van der Waals surface area contributed by atoms with E-state index in [1.807, 2.05) is 0 Å². The van der Waals surface area contributed by atoms with Crippen molar-refractivity contribution in [2.45, 2.75) is 58.8 Å². The molecule has 0 heterocycles. The highest BCUT2D eigenvalue weighted by molar-refractivity contribution is 7.61. The van der Waals surface area contributed by atoms with Gasteiger partial charge in [0.1, 0.15) is 0 Å². The molecule has 0 rings (SSSR count). The minimum Gasteiger partial charge on any atom is -0.0918 e. The fourth-order valence-electron chi connectivity index (χ4n) is 1.91. The summed E-state index contributed by atoms with van der Waals surface area (Å²) in [5.41, 5.74) is 0. The molecule has 0 atom stereocenters. The van der Waals surface area contributed by atoms with Crippen LogP contribution in [0.15, 0.2) is 24.3 Å². The van der Waals surface area contributed by atoms with Gasteiger partial charge in [-0.1, -0.05) is 73.8 Å². The van der Waals surface area contributed by atoms with Crippen LogP contribution in [0.1, 0.15) is 48.5 Å². The maximum absolute atomic E-state index is 2.37. The minimum atomic E-state index is 0.0199. The zero-order valence-electron chi connectivity index (χ0n) is 11.5. The normalized spacial score (nSPS) is 14.7. The van der Waals surface area contributed by atoms with Crippen molar-refractivity contribution in [3.8, 4) is 0 Å². The minimum absolute atomic E-state index is 0.0199. The summed E-state index contributed by atoms with van der Waals surface area (Å²) < 4.78 is 0. The summed E-state index contributed by atoms with van der Waals surface area (Å²) in [7, 11) is 0.0199. The van der Waals surface area contributed by atoms with E-state index in [1.165, 1.54) is 6.16 Å². The average molecular weight is 226 g/mol. The molecule has 88 valence electrons. The lowest BCUT2D eigenvalue weighted by atomic mass is 10.2. The van der Waals surface area contributed by atoms with Crippen LogP contribution in [0.2, 0.25) is 0 Å². The fraction of sp³-hybridized carbons (Fsp3) is 0.714. The highest BCUT2D eigenvalue weighted by atomic mass is 31.1. The predicted molar refractivity (Wildman–Crippen MR) is 75.2 cm³/mol. The van der Waals surface area contributed by atoms with Gasteiger partial charge in [-0.25, -0.2) is 0 Å². The van der Waals surface area contributed by atoms with Crippen LogP contribution in [0.4, 0.5) is 0 Å². The summed E-state index contributed by atoms with van der Waals surface area (Å²) in [6, 6.07) is 0. The third-order valence-electron chi connectivity index (χ3n) is 2.35. The maximum atomic E-state index is 2.37. The first-order valence-corrected chi connectivity index (χ1v) is 7.28. The van der Waals surface area contributed by atoms with Crippen LogP contribution < -0.4 is 0 Å². The molecule has 0 unspecified atom stereocenters. The van der Waals surface area contributed by atoms with Gasteiger partial charge >= 0.3 is 0 Å². The standard InChI is InChI=1S/C14H27P/c1-8-9-10-11-12-15(13(2,3)4)14(5,6)7/h8-11H,12H2,1-7H3. The van der Waals surface area contributed by atoms with Crippen molar-refractivity contribution in [3.63, 3.8) is 0 Å². The SMILES string of the molecule is CC=CC=CCP(C(C)(C)C)C(C)(C)C. The molecule has 0 saturated carbocycles. The summed E-state index contributed by atoms with van der Waals surface area (Å²) in [5.74, 6) is 0. The van der Waals surface area contributed by atoms with Gasteiger partial charge in [0.05, 0.1) is 0 Å². The van der Waals surface area contributed by atoms with Gasteiger partial charge in [0, 0.05) is 0 Å². The van der Waals surface area contributed by atoms with Gasteiger partial charge in [-0.05, 0) is 23.4 Å². The Hall–Kier alpha value is -0.0900. The van der Waals surface area contributed by atoms with Crippen molar-refractivity contribution in [2.24, 2.45) is 0 Å². The molecule has 0 N–H and O–H groups in total. The van der Waals surface area contributed by atoms with Crippen LogP contribution in [-0.4, -0.2) is 16.5 Å². The van der Waals surface area contributed by atoms with Crippen LogP contribution in [-0.2, 0) is 0 Å². The monoisotopic (exact) mass is 226 g/mol. The maximum Gasteiger partial charge on any atom is -0.0132 e. The molecule has 0 aliphatic heterocycles. The second-order valence-corrected chi connectivity index (χ2v) is 9.81. The van der Waals surface area contributed by atoms with Crippen LogP contribution in [0.3, 0.4) is 0 Å². The summed E-state index contributed by atoms with van der Waals surface area (Å²) in [6.45, 7) is 16.3. The second-order valence-electron chi connectivity index (χ2n) is 5.91. The van der Waals surface area contributed by atoms with Crippen molar-refractivity contribution in [1.29, 1.82) is 0 Å². The van der Waals surface area contributed by atoms with E-state index >= 15 is 0 Å². The molecule has 0 spiro atoms. The molecule has 0 saturated heterocycles. The first-order chi connectivity index (χ1) is 6.69. The van der Waals surface area contributed by atoms with E-state index in [-0.39, 0.29) is 7.92 Å². The molecule has 0 aromatic rings. The van der Waals surface area contributed by atoms with Gasteiger partial charge in [-0.2, -0.15) is 0 Å². The van der Waals surface area contributed by atoms with Crippen molar-refractivity contribution < 1.29 is 0 Å². The molecule has 0 aromatic heterocycles. The van der Waals surface area contributed by atoms with Gasteiger partial charge < -0.3 is 0 Å². The first-order valence-electron chi connectivity index (χ1n) is 5.75. The Morgan fingerprint density at radius 1 is 0.867 bits per heavy atom. The van der Waals surface area contributed by atoms with Crippen LogP contribution >= 0.6 is 7.92 Å². The van der Waals surface area contributed by atoms with Crippen LogP contribution in [0.5, 0.6) is 0 Å². The molecular weight excluding hydrogens is 199 g/mol. The molecule has 0 aromatic carbocycles. The van der Waals surface area contributed by atoms with Crippen LogP contribution in [0.25, 0.3) is 0 Å². The largest absolute Gasteiger partial charge is 0.0918 e. The summed E-state index contributed by atoms with van der Waals surface area (Å²) in [6.07, 6.45) is 9.91. The molecule has 0 nitrogen and oxygen atoms in total. The molecular formula is C14H27P. The summed E-state index contributed by atoms with van der Waals surface area (Å²) in [4.78, 5) is 0. The third-order valence-corrected chi connectivity index (χ3v) is 6.16. The average Bonchev–Trinajstić information content (AvgIpc) is 1.99. The third kappa shape index (κ3) is 6.15. The molecule has 0 amide bonds. The summed E-state index contributed by atoms with van der Waals surface area (Å²) >= 11 is 0. The van der Waals surface area contributed by atoms with E-state index in [1.54, 1.807) is 0 Å². The Labute approximate surface area is 97.6 Å². The number of hydrogen-bond acceptors (Lipinski definition) is 0. The van der Waals surface area contributed by atoms with E-state index in [2.05, 4.69) is 72.8 Å². The molecule has 0 fully saturated rings. The van der Waals surface area contributed by atoms with Crippen molar-refractivity contribution >= 4 is 7.92 Å². The van der Waals surface area contributed by atoms with Crippen molar-refractivity contribution in [2.75, 3.05) is 6.16 Å². The number of hydrogen-bond donors (Lipinski definition) is 0. The Balaban J connectivity index is 4.55. The fourth-order valence-corrected chi connectivity index (χ4v) is 5.35. The van der Waals surface area contributed by atoms with E-state index < -0.39 is 0 Å². The Kier molecular flexibility index (Phi) is 5.81. The number of rotatable bonds is 3. The first kappa shape index (κ1) is 14.9. The second kappa shape index (κ2) is 5.85. The Morgan fingerprint density at radius 2 is 1.33 bits per heavy atom.